The molecule has 1 aliphatic carbocycles. The molecule has 0 spiro atoms. The Bertz CT molecular complexity index is 1810. The van der Waals surface area contributed by atoms with Crippen molar-refractivity contribution in [3.63, 3.8) is 0 Å². The summed E-state index contributed by atoms with van der Waals surface area (Å²) in [4.78, 5) is 49.8. The van der Waals surface area contributed by atoms with Crippen molar-refractivity contribution < 1.29 is 4.79 Å². The molecule has 44 heavy (non-hydrogen) atoms. The van der Waals surface area contributed by atoms with Crippen molar-refractivity contribution in [1.29, 1.82) is 0 Å². The molecule has 6 rings (SSSR count). The molecule has 0 bridgehead atoms. The Balaban J connectivity index is 0.00000384. The summed E-state index contributed by atoms with van der Waals surface area (Å²) in [5.41, 5.74) is 4.82. The van der Waals surface area contributed by atoms with Crippen molar-refractivity contribution in [2.75, 3.05) is 18.0 Å². The molecule has 0 aromatic carbocycles. The number of nitrogens with zero attached hydrogens (tertiary/aromatic N) is 7. The minimum Gasteiger partial charge on any atom is -0.349 e. The largest absolute Gasteiger partial charge is 0.355 e. The number of piperazine rings is 1. The summed E-state index contributed by atoms with van der Waals surface area (Å²) in [6.07, 6.45) is 7.07. The maximum absolute atomic E-state index is 14.2. The van der Waals surface area contributed by atoms with E-state index >= 15 is 0 Å². The van der Waals surface area contributed by atoms with Gasteiger partial charge >= 0.3 is 5.69 Å². The van der Waals surface area contributed by atoms with Crippen molar-refractivity contribution in [2.45, 2.75) is 78.8 Å². The number of hydrogen-bond acceptors (Lipinski definition) is 7. The molecule has 230 valence electrons. The molecule has 2 fully saturated rings. The first-order chi connectivity index (χ1) is 20.6. The molecule has 1 aliphatic heterocycles. The first-order valence-corrected chi connectivity index (χ1v) is 15.2. The van der Waals surface area contributed by atoms with Crippen molar-refractivity contribution in [1.82, 2.24) is 29.4 Å². The van der Waals surface area contributed by atoms with Crippen LogP contribution >= 0.6 is 11.6 Å². The van der Waals surface area contributed by atoms with E-state index in [-0.39, 0.29) is 31.3 Å². The zero-order valence-corrected chi connectivity index (χ0v) is 26.0. The number of fused-ring (bicyclic) bond motifs is 1. The molecule has 0 radical (unpaired) electrons. The van der Waals surface area contributed by atoms with Crippen LogP contribution in [0.2, 0.25) is 5.02 Å². The number of aryl methyl sites for hydroxylation is 1. The highest BCUT2D eigenvalue weighted by Gasteiger charge is 2.34. The second-order valence-corrected chi connectivity index (χ2v) is 12.4. The summed E-state index contributed by atoms with van der Waals surface area (Å²) < 4.78 is 1.59. The molecule has 2 aliphatic rings. The van der Waals surface area contributed by atoms with Crippen molar-refractivity contribution in [3.8, 4) is 16.9 Å². The Kier molecular flexibility index (Phi) is 8.62. The first-order valence-electron chi connectivity index (χ1n) is 14.8. The highest BCUT2D eigenvalue weighted by Crippen LogP contribution is 2.44. The number of amides is 1. The van der Waals surface area contributed by atoms with Crippen LogP contribution in [0.5, 0.6) is 0 Å². The van der Waals surface area contributed by atoms with Crippen LogP contribution in [-0.2, 0) is 4.79 Å². The van der Waals surface area contributed by atoms with Crippen LogP contribution in [0, 0.1) is 6.92 Å². The number of aromatic nitrogens is 5. The van der Waals surface area contributed by atoms with Crippen molar-refractivity contribution >= 4 is 34.4 Å². The maximum Gasteiger partial charge on any atom is 0.355 e. The van der Waals surface area contributed by atoms with E-state index < -0.39 is 5.69 Å². The van der Waals surface area contributed by atoms with Crippen LogP contribution in [0.3, 0.4) is 0 Å². The molecule has 10 heteroatoms. The number of carbonyl (C=O) groups excluding carboxylic acids is 1. The van der Waals surface area contributed by atoms with Gasteiger partial charge in [-0.25, -0.2) is 14.3 Å². The van der Waals surface area contributed by atoms with Gasteiger partial charge in [-0.05, 0) is 75.4 Å². The summed E-state index contributed by atoms with van der Waals surface area (Å²) in [5, 5.41) is 1.12. The predicted molar refractivity (Wildman–Crippen MR) is 177 cm³/mol. The lowest BCUT2D eigenvalue weighted by Gasteiger charge is -2.44. The van der Waals surface area contributed by atoms with Gasteiger partial charge in [-0.3, -0.25) is 14.8 Å². The highest BCUT2D eigenvalue weighted by molar-refractivity contribution is 6.34. The molecule has 0 N–H and O–H groups in total. The summed E-state index contributed by atoms with van der Waals surface area (Å²) in [6, 6.07) is 7.43. The molecule has 1 amide bonds. The normalized spacial score (nSPS) is 18.4. The number of pyridine rings is 3. The molecule has 0 unspecified atom stereocenters. The van der Waals surface area contributed by atoms with Gasteiger partial charge in [0.2, 0.25) is 5.91 Å². The second-order valence-electron chi connectivity index (χ2n) is 12.0. The van der Waals surface area contributed by atoms with Gasteiger partial charge < -0.3 is 9.80 Å². The van der Waals surface area contributed by atoms with E-state index in [0.717, 1.165) is 35.4 Å². The Morgan fingerprint density at radius 2 is 1.84 bits per heavy atom. The Labute approximate surface area is 263 Å². The van der Waals surface area contributed by atoms with E-state index in [1.807, 2.05) is 45.0 Å². The van der Waals surface area contributed by atoms with Gasteiger partial charge in [0, 0.05) is 49.0 Å². The standard InChI is InChI=1S/C33H36ClN7O2.CH4/c1-7-26(42)39-16-21(6)40(17-20(39)5)31-24-15-25(34)29(23-9-8-13-35-28(23)22-10-11-22)37-32(24)41(33(43)38-31)30-19(4)12-14-36-27(30)18(2)3;/h7-9,12-15,18,20-22H,1,10-11,16-17H2,2-6H3;1H4/t20-,21+;/m1./s1. The number of anilines is 1. The SMILES string of the molecule is C.C=CC(=O)N1C[C@H](C)N(c2nc(=O)n(-c3c(C)ccnc3C(C)C)c3nc(-c4cccnc4C4CC4)c(Cl)cc23)C[C@H]1C. The van der Waals surface area contributed by atoms with Crippen LogP contribution in [0.4, 0.5) is 5.82 Å². The lowest BCUT2D eigenvalue weighted by Crippen LogP contribution is -2.58. The minimum atomic E-state index is -0.445. The third-order valence-electron chi connectivity index (χ3n) is 8.50. The third-order valence-corrected chi connectivity index (χ3v) is 8.79. The lowest BCUT2D eigenvalue weighted by atomic mass is 10.0. The zero-order chi connectivity index (χ0) is 30.6. The van der Waals surface area contributed by atoms with Gasteiger partial charge in [-0.2, -0.15) is 4.98 Å². The van der Waals surface area contributed by atoms with E-state index in [1.165, 1.54) is 6.08 Å². The number of carbonyl (C=O) groups is 1. The van der Waals surface area contributed by atoms with E-state index in [1.54, 1.807) is 21.9 Å². The molecule has 1 saturated heterocycles. The van der Waals surface area contributed by atoms with Crippen LogP contribution in [-0.4, -0.2) is 60.5 Å². The maximum atomic E-state index is 14.2. The summed E-state index contributed by atoms with van der Waals surface area (Å²) >= 11 is 7.05. The quantitative estimate of drug-likeness (QED) is 0.231. The van der Waals surface area contributed by atoms with Crippen molar-refractivity contribution in [3.05, 3.63) is 81.8 Å². The van der Waals surface area contributed by atoms with E-state index in [2.05, 4.69) is 40.3 Å². The van der Waals surface area contributed by atoms with Gasteiger partial charge in [0.15, 0.2) is 5.65 Å². The predicted octanol–water partition coefficient (Wildman–Crippen LogP) is 6.45. The van der Waals surface area contributed by atoms with Crippen molar-refractivity contribution in [2.24, 2.45) is 0 Å². The van der Waals surface area contributed by atoms with E-state index in [9.17, 15) is 9.59 Å². The monoisotopic (exact) mass is 613 g/mol. The van der Waals surface area contributed by atoms with Crippen LogP contribution < -0.4 is 10.6 Å². The first kappa shape index (κ1) is 31.3. The molecule has 5 heterocycles. The van der Waals surface area contributed by atoms with E-state index in [4.69, 9.17) is 16.6 Å². The lowest BCUT2D eigenvalue weighted by molar-refractivity contribution is -0.128. The second kappa shape index (κ2) is 12.1. The smallest absolute Gasteiger partial charge is 0.349 e. The van der Waals surface area contributed by atoms with Gasteiger partial charge in [-0.1, -0.05) is 39.5 Å². The van der Waals surface area contributed by atoms with Crippen LogP contribution in [0.1, 0.15) is 76.8 Å². The summed E-state index contributed by atoms with van der Waals surface area (Å²) in [7, 11) is 0. The Hall–Kier alpha value is -4.11. The summed E-state index contributed by atoms with van der Waals surface area (Å²) in [6.45, 7) is 14.7. The molecule has 9 nitrogen and oxygen atoms in total. The Morgan fingerprint density at radius 3 is 2.52 bits per heavy atom. The molecular formula is C34H40ClN7O2. The van der Waals surface area contributed by atoms with Crippen LogP contribution in [0.25, 0.3) is 28.0 Å². The van der Waals surface area contributed by atoms with Gasteiger partial charge in [-0.15, -0.1) is 0 Å². The van der Waals surface area contributed by atoms with Gasteiger partial charge in [0.25, 0.3) is 0 Å². The third kappa shape index (κ3) is 5.38. The molecule has 2 atom stereocenters. The topological polar surface area (TPSA) is 97.1 Å². The average molecular weight is 614 g/mol. The highest BCUT2D eigenvalue weighted by atomic mass is 35.5. The molecular weight excluding hydrogens is 574 g/mol. The zero-order valence-electron chi connectivity index (χ0n) is 25.2. The fraction of sp³-hybridized carbons (Fsp3) is 0.412. The summed E-state index contributed by atoms with van der Waals surface area (Å²) in [5.74, 6) is 0.825. The average Bonchev–Trinajstić information content (AvgIpc) is 3.83. The van der Waals surface area contributed by atoms with Gasteiger partial charge in [0.05, 0.1) is 33.2 Å². The fourth-order valence-corrected chi connectivity index (χ4v) is 6.40. The Morgan fingerprint density at radius 1 is 1.09 bits per heavy atom. The minimum absolute atomic E-state index is 0. The fourth-order valence-electron chi connectivity index (χ4n) is 6.15. The number of rotatable bonds is 6. The van der Waals surface area contributed by atoms with E-state index in [0.29, 0.717) is 52.3 Å². The number of halogens is 1. The number of hydrogen-bond donors (Lipinski definition) is 0. The molecule has 4 aromatic heterocycles. The van der Waals surface area contributed by atoms with Gasteiger partial charge in [0.1, 0.15) is 5.82 Å². The van der Waals surface area contributed by atoms with Crippen LogP contribution in [0.15, 0.2) is 54.1 Å². The molecule has 1 saturated carbocycles. The molecule has 4 aromatic rings.